The van der Waals surface area contributed by atoms with Gasteiger partial charge in [0.2, 0.25) is 0 Å². The van der Waals surface area contributed by atoms with Crippen molar-refractivity contribution in [1.29, 1.82) is 0 Å². The van der Waals surface area contributed by atoms with Crippen LogP contribution in [0.5, 0.6) is 0 Å². The molecule has 0 unspecified atom stereocenters. The van der Waals surface area contributed by atoms with Crippen molar-refractivity contribution >= 4 is 56.3 Å². The van der Waals surface area contributed by atoms with Crippen LogP contribution in [-0.4, -0.2) is 4.98 Å². The van der Waals surface area contributed by atoms with Gasteiger partial charge in [0.05, 0.1) is 21.4 Å². The second-order valence-electron chi connectivity index (χ2n) is 3.34. The standard InChI is InChI=1S/C11H8BrCl2N3/c12-6-1-2-8(14)10(3-6)17-11-9(15)4-7(13)5-16-11/h1-5H,15H2,(H,16,17). The summed E-state index contributed by atoms with van der Waals surface area (Å²) in [5, 5.41) is 4.13. The third kappa shape index (κ3) is 3.03. The Bertz CT molecular complexity index is 560. The molecule has 0 saturated heterocycles. The minimum atomic E-state index is 0.466. The minimum absolute atomic E-state index is 0.466. The lowest BCUT2D eigenvalue weighted by molar-refractivity contribution is 1.31. The van der Waals surface area contributed by atoms with Crippen molar-refractivity contribution in [3.8, 4) is 0 Å². The van der Waals surface area contributed by atoms with Crippen molar-refractivity contribution < 1.29 is 0 Å². The van der Waals surface area contributed by atoms with Gasteiger partial charge in [0, 0.05) is 10.7 Å². The summed E-state index contributed by atoms with van der Waals surface area (Å²) in [4.78, 5) is 4.10. The Morgan fingerprint density at radius 3 is 2.71 bits per heavy atom. The molecule has 3 N–H and O–H groups in total. The lowest BCUT2D eigenvalue weighted by Crippen LogP contribution is -1.99. The number of hydrogen-bond donors (Lipinski definition) is 2. The smallest absolute Gasteiger partial charge is 0.153 e. The molecule has 0 radical (unpaired) electrons. The highest BCUT2D eigenvalue weighted by Crippen LogP contribution is 2.30. The van der Waals surface area contributed by atoms with E-state index in [0.717, 1.165) is 10.2 Å². The maximum Gasteiger partial charge on any atom is 0.153 e. The summed E-state index contributed by atoms with van der Waals surface area (Å²) in [5.74, 6) is 0.523. The molecule has 0 atom stereocenters. The van der Waals surface area contributed by atoms with Crippen LogP contribution in [0.2, 0.25) is 10.0 Å². The van der Waals surface area contributed by atoms with Gasteiger partial charge in [-0.2, -0.15) is 0 Å². The molecule has 0 bridgehead atoms. The van der Waals surface area contributed by atoms with Gasteiger partial charge in [0.25, 0.3) is 0 Å². The van der Waals surface area contributed by atoms with E-state index >= 15 is 0 Å². The van der Waals surface area contributed by atoms with E-state index in [1.165, 1.54) is 6.20 Å². The van der Waals surface area contributed by atoms with Crippen LogP contribution in [-0.2, 0) is 0 Å². The zero-order valence-electron chi connectivity index (χ0n) is 8.55. The largest absolute Gasteiger partial charge is 0.396 e. The van der Waals surface area contributed by atoms with Crippen LogP contribution < -0.4 is 11.1 Å². The predicted octanol–water partition coefficient (Wildman–Crippen LogP) is 4.48. The van der Waals surface area contributed by atoms with E-state index in [1.807, 2.05) is 12.1 Å². The number of benzene rings is 1. The molecule has 0 aliphatic carbocycles. The van der Waals surface area contributed by atoms with Crippen molar-refractivity contribution in [2.75, 3.05) is 11.1 Å². The molecule has 6 heteroatoms. The third-order valence-electron chi connectivity index (χ3n) is 2.07. The number of anilines is 3. The molecule has 88 valence electrons. The van der Waals surface area contributed by atoms with Crippen molar-refractivity contribution in [1.82, 2.24) is 4.98 Å². The van der Waals surface area contributed by atoms with Gasteiger partial charge in [-0.15, -0.1) is 0 Å². The molecule has 0 saturated carbocycles. The van der Waals surface area contributed by atoms with E-state index in [2.05, 4.69) is 26.2 Å². The van der Waals surface area contributed by atoms with Crippen LogP contribution in [0.4, 0.5) is 17.2 Å². The van der Waals surface area contributed by atoms with E-state index < -0.39 is 0 Å². The topological polar surface area (TPSA) is 50.9 Å². The van der Waals surface area contributed by atoms with Crippen LogP contribution in [0, 0.1) is 0 Å². The molecule has 17 heavy (non-hydrogen) atoms. The normalized spacial score (nSPS) is 10.3. The Kier molecular flexibility index (Phi) is 3.76. The highest BCUT2D eigenvalue weighted by Gasteiger charge is 2.05. The Hall–Kier alpha value is -0.970. The molecule has 0 aliphatic heterocycles. The summed E-state index contributed by atoms with van der Waals surface area (Å²) < 4.78 is 0.914. The van der Waals surface area contributed by atoms with Crippen molar-refractivity contribution in [3.05, 3.63) is 45.0 Å². The zero-order chi connectivity index (χ0) is 12.4. The molecule has 0 aliphatic rings. The van der Waals surface area contributed by atoms with Gasteiger partial charge in [-0.3, -0.25) is 0 Å². The van der Waals surface area contributed by atoms with Gasteiger partial charge in [0.15, 0.2) is 5.82 Å². The molecule has 1 aromatic heterocycles. The molecule has 1 aromatic carbocycles. The Morgan fingerprint density at radius 1 is 1.24 bits per heavy atom. The number of nitrogen functional groups attached to an aromatic ring is 1. The van der Waals surface area contributed by atoms with E-state index in [-0.39, 0.29) is 0 Å². The minimum Gasteiger partial charge on any atom is -0.396 e. The Labute approximate surface area is 117 Å². The Morgan fingerprint density at radius 2 is 2.00 bits per heavy atom. The molecule has 0 spiro atoms. The van der Waals surface area contributed by atoms with E-state index in [9.17, 15) is 0 Å². The first-order valence-electron chi connectivity index (χ1n) is 4.69. The molecule has 0 amide bonds. The zero-order valence-corrected chi connectivity index (χ0v) is 11.6. The van der Waals surface area contributed by atoms with Gasteiger partial charge in [0.1, 0.15) is 0 Å². The van der Waals surface area contributed by atoms with Crippen LogP contribution in [0.15, 0.2) is 34.9 Å². The second-order valence-corrected chi connectivity index (χ2v) is 5.10. The summed E-state index contributed by atoms with van der Waals surface area (Å²) in [7, 11) is 0. The number of nitrogens with two attached hydrogens (primary N) is 1. The highest BCUT2D eigenvalue weighted by atomic mass is 79.9. The fraction of sp³-hybridized carbons (Fsp3) is 0. The molecule has 3 nitrogen and oxygen atoms in total. The lowest BCUT2D eigenvalue weighted by Gasteiger charge is -2.10. The number of halogens is 3. The number of rotatable bonds is 2. The number of aromatic nitrogens is 1. The maximum absolute atomic E-state index is 6.05. The van der Waals surface area contributed by atoms with Crippen LogP contribution in [0.25, 0.3) is 0 Å². The third-order valence-corrected chi connectivity index (χ3v) is 3.09. The molecule has 2 aromatic rings. The maximum atomic E-state index is 6.05. The van der Waals surface area contributed by atoms with Crippen LogP contribution in [0.1, 0.15) is 0 Å². The first kappa shape index (κ1) is 12.5. The van der Waals surface area contributed by atoms with Gasteiger partial charge in [-0.1, -0.05) is 39.1 Å². The SMILES string of the molecule is Nc1cc(Cl)cnc1Nc1cc(Br)ccc1Cl. The Balaban J connectivity index is 2.34. The first-order valence-corrected chi connectivity index (χ1v) is 6.24. The van der Waals surface area contributed by atoms with Gasteiger partial charge in [-0.25, -0.2) is 4.98 Å². The van der Waals surface area contributed by atoms with Gasteiger partial charge >= 0.3 is 0 Å². The summed E-state index contributed by atoms with van der Waals surface area (Å²) in [5.41, 5.74) is 6.98. The molecule has 0 fully saturated rings. The number of pyridine rings is 1. The predicted molar refractivity (Wildman–Crippen MR) is 76.1 cm³/mol. The van der Waals surface area contributed by atoms with Crippen molar-refractivity contribution in [2.24, 2.45) is 0 Å². The molecular formula is C11H8BrCl2N3. The molecule has 2 rings (SSSR count). The summed E-state index contributed by atoms with van der Waals surface area (Å²) >= 11 is 15.2. The monoisotopic (exact) mass is 331 g/mol. The summed E-state index contributed by atoms with van der Waals surface area (Å²) in [6.07, 6.45) is 1.52. The molecular weight excluding hydrogens is 325 g/mol. The lowest BCUT2D eigenvalue weighted by atomic mass is 10.3. The van der Waals surface area contributed by atoms with Crippen LogP contribution in [0.3, 0.4) is 0 Å². The van der Waals surface area contributed by atoms with Gasteiger partial charge in [-0.05, 0) is 24.3 Å². The van der Waals surface area contributed by atoms with Crippen molar-refractivity contribution in [2.45, 2.75) is 0 Å². The second kappa shape index (κ2) is 5.12. The summed E-state index contributed by atoms with van der Waals surface area (Å²) in [6.45, 7) is 0. The fourth-order valence-electron chi connectivity index (χ4n) is 1.28. The quantitative estimate of drug-likeness (QED) is 0.852. The molecule has 1 heterocycles. The van der Waals surface area contributed by atoms with Crippen LogP contribution >= 0.6 is 39.1 Å². The highest BCUT2D eigenvalue weighted by molar-refractivity contribution is 9.10. The average Bonchev–Trinajstić information content (AvgIpc) is 2.27. The van der Waals surface area contributed by atoms with E-state index in [1.54, 1.807) is 12.1 Å². The number of hydrogen-bond acceptors (Lipinski definition) is 3. The van der Waals surface area contributed by atoms with E-state index in [4.69, 9.17) is 28.9 Å². The average molecular weight is 333 g/mol. The fourth-order valence-corrected chi connectivity index (χ4v) is 1.97. The van der Waals surface area contributed by atoms with Gasteiger partial charge < -0.3 is 11.1 Å². The number of nitrogens with one attached hydrogen (secondary N) is 1. The first-order chi connectivity index (χ1) is 8.06. The van der Waals surface area contributed by atoms with Crippen molar-refractivity contribution in [3.63, 3.8) is 0 Å². The van der Waals surface area contributed by atoms with E-state index in [0.29, 0.717) is 21.6 Å². The summed E-state index contributed by atoms with van der Waals surface area (Å²) in [6, 6.07) is 7.10. The number of nitrogens with zero attached hydrogens (tertiary/aromatic N) is 1.